The summed E-state index contributed by atoms with van der Waals surface area (Å²) in [5.74, 6) is -0.190. The van der Waals surface area contributed by atoms with E-state index in [2.05, 4.69) is 15.4 Å². The predicted octanol–water partition coefficient (Wildman–Crippen LogP) is 3.00. The minimum absolute atomic E-state index is 0.177. The number of nitrogens with one attached hydrogen (secondary N) is 1. The number of carbonyl (C=O) groups is 2. The zero-order valence-corrected chi connectivity index (χ0v) is 15.3. The summed E-state index contributed by atoms with van der Waals surface area (Å²) in [6.07, 6.45) is 4.57. The van der Waals surface area contributed by atoms with Gasteiger partial charge in [-0.1, -0.05) is 18.2 Å². The number of amides is 2. The molecule has 0 aliphatic carbocycles. The van der Waals surface area contributed by atoms with Crippen LogP contribution in [0.5, 0.6) is 0 Å². The largest absolute Gasteiger partial charge is 0.339 e. The van der Waals surface area contributed by atoms with Gasteiger partial charge in [0.1, 0.15) is 11.4 Å². The predicted molar refractivity (Wildman–Crippen MR) is 103 cm³/mol. The second kappa shape index (κ2) is 8.27. The highest BCUT2D eigenvalue weighted by atomic mass is 16.2. The Balaban J connectivity index is 2.03. The third kappa shape index (κ3) is 3.87. The lowest BCUT2D eigenvalue weighted by Gasteiger charge is -2.19. The molecule has 7 heteroatoms. The first-order chi connectivity index (χ1) is 13.2. The summed E-state index contributed by atoms with van der Waals surface area (Å²) in [6, 6.07) is 12.7. The molecule has 1 aromatic carbocycles. The van der Waals surface area contributed by atoms with Crippen LogP contribution in [0.25, 0.3) is 5.69 Å². The number of hydrogen-bond donors (Lipinski definition) is 1. The summed E-state index contributed by atoms with van der Waals surface area (Å²) in [7, 11) is 0. The summed E-state index contributed by atoms with van der Waals surface area (Å²) in [5, 5.41) is 7.18. The molecule has 0 aliphatic rings. The van der Waals surface area contributed by atoms with Crippen molar-refractivity contribution in [3.05, 3.63) is 72.2 Å². The number of pyridine rings is 1. The van der Waals surface area contributed by atoms with Gasteiger partial charge in [0.2, 0.25) is 0 Å². The van der Waals surface area contributed by atoms with Crippen LogP contribution in [0.1, 0.15) is 34.6 Å². The molecule has 3 rings (SSSR count). The third-order valence-electron chi connectivity index (χ3n) is 4.21. The van der Waals surface area contributed by atoms with Crippen LogP contribution < -0.4 is 5.32 Å². The van der Waals surface area contributed by atoms with Gasteiger partial charge in [-0.05, 0) is 38.1 Å². The Hall–Kier alpha value is -3.48. The minimum atomic E-state index is -0.352. The van der Waals surface area contributed by atoms with Crippen molar-refractivity contribution in [3.63, 3.8) is 0 Å². The van der Waals surface area contributed by atoms with Crippen LogP contribution >= 0.6 is 0 Å². The van der Waals surface area contributed by atoms with Gasteiger partial charge in [0, 0.05) is 25.5 Å². The zero-order chi connectivity index (χ0) is 19.2. The number of hydrogen-bond acceptors (Lipinski definition) is 4. The Morgan fingerprint density at radius 1 is 1.04 bits per heavy atom. The van der Waals surface area contributed by atoms with E-state index in [0.717, 1.165) is 5.69 Å². The maximum absolute atomic E-state index is 12.9. The summed E-state index contributed by atoms with van der Waals surface area (Å²) in [6.45, 7) is 4.97. The van der Waals surface area contributed by atoms with Crippen LogP contribution in [-0.2, 0) is 0 Å². The van der Waals surface area contributed by atoms with Crippen LogP contribution in [-0.4, -0.2) is 44.6 Å². The first-order valence-electron chi connectivity index (χ1n) is 8.79. The Kier molecular flexibility index (Phi) is 5.61. The lowest BCUT2D eigenvalue weighted by Crippen LogP contribution is -2.31. The van der Waals surface area contributed by atoms with E-state index >= 15 is 0 Å². The van der Waals surface area contributed by atoms with Gasteiger partial charge in [0.15, 0.2) is 0 Å². The van der Waals surface area contributed by atoms with Gasteiger partial charge < -0.3 is 10.2 Å². The molecule has 0 saturated heterocycles. The Labute approximate surface area is 157 Å². The Morgan fingerprint density at radius 2 is 1.78 bits per heavy atom. The standard InChI is InChI=1S/C20H21N5O2/c1-3-24(4-2)20(27)17-14-22-25(16-10-6-5-7-11-16)18(17)23-19(26)15-9-8-12-21-13-15/h5-14H,3-4H2,1-2H3,(H,23,26). The molecule has 0 unspecified atom stereocenters. The summed E-state index contributed by atoms with van der Waals surface area (Å²) >= 11 is 0. The minimum Gasteiger partial charge on any atom is -0.339 e. The van der Waals surface area contributed by atoms with Gasteiger partial charge in [-0.3, -0.25) is 14.6 Å². The summed E-state index contributed by atoms with van der Waals surface area (Å²) < 4.78 is 1.56. The van der Waals surface area contributed by atoms with E-state index in [9.17, 15) is 9.59 Å². The molecule has 0 atom stereocenters. The van der Waals surface area contributed by atoms with Crippen molar-refractivity contribution >= 4 is 17.6 Å². The average molecular weight is 363 g/mol. The number of anilines is 1. The summed E-state index contributed by atoms with van der Waals surface area (Å²) in [4.78, 5) is 31.2. The van der Waals surface area contributed by atoms with Gasteiger partial charge in [-0.15, -0.1) is 0 Å². The van der Waals surface area contributed by atoms with Crippen LogP contribution in [0.3, 0.4) is 0 Å². The van der Waals surface area contributed by atoms with E-state index in [4.69, 9.17) is 0 Å². The molecule has 2 amide bonds. The van der Waals surface area contributed by atoms with Crippen molar-refractivity contribution in [1.82, 2.24) is 19.7 Å². The van der Waals surface area contributed by atoms with Crippen molar-refractivity contribution in [1.29, 1.82) is 0 Å². The van der Waals surface area contributed by atoms with Crippen molar-refractivity contribution in [2.75, 3.05) is 18.4 Å². The molecular formula is C20H21N5O2. The molecule has 0 aliphatic heterocycles. The maximum atomic E-state index is 12.9. The quantitative estimate of drug-likeness (QED) is 0.730. The van der Waals surface area contributed by atoms with Gasteiger partial charge in [-0.2, -0.15) is 5.10 Å². The molecule has 0 fully saturated rings. The Bertz CT molecular complexity index is 918. The second-order valence-electron chi connectivity index (χ2n) is 5.83. The maximum Gasteiger partial charge on any atom is 0.259 e. The molecule has 3 aromatic rings. The number of rotatable bonds is 6. The number of benzene rings is 1. The Morgan fingerprint density at radius 3 is 2.41 bits per heavy atom. The number of nitrogens with zero attached hydrogens (tertiary/aromatic N) is 4. The van der Waals surface area contributed by atoms with Crippen LogP contribution in [0.2, 0.25) is 0 Å². The lowest BCUT2D eigenvalue weighted by molar-refractivity contribution is 0.0774. The van der Waals surface area contributed by atoms with Crippen molar-refractivity contribution < 1.29 is 9.59 Å². The molecule has 7 nitrogen and oxygen atoms in total. The molecule has 0 bridgehead atoms. The van der Waals surface area contributed by atoms with E-state index in [0.29, 0.717) is 30.0 Å². The van der Waals surface area contributed by atoms with E-state index < -0.39 is 0 Å². The lowest BCUT2D eigenvalue weighted by atomic mass is 10.2. The van der Waals surface area contributed by atoms with Crippen LogP contribution in [0.4, 0.5) is 5.82 Å². The highest BCUT2D eigenvalue weighted by Crippen LogP contribution is 2.22. The SMILES string of the molecule is CCN(CC)C(=O)c1cnn(-c2ccccc2)c1NC(=O)c1cccnc1. The second-order valence-corrected chi connectivity index (χ2v) is 5.83. The van der Waals surface area contributed by atoms with Crippen molar-refractivity contribution in [2.24, 2.45) is 0 Å². The van der Waals surface area contributed by atoms with Crippen LogP contribution in [0.15, 0.2) is 61.1 Å². The molecule has 0 spiro atoms. The number of para-hydroxylation sites is 1. The molecule has 138 valence electrons. The number of aromatic nitrogens is 3. The fourth-order valence-corrected chi connectivity index (χ4v) is 2.75. The molecular weight excluding hydrogens is 342 g/mol. The summed E-state index contributed by atoms with van der Waals surface area (Å²) in [5.41, 5.74) is 1.50. The highest BCUT2D eigenvalue weighted by molar-refractivity contribution is 6.08. The average Bonchev–Trinajstić information content (AvgIpc) is 3.13. The molecule has 0 radical (unpaired) electrons. The monoisotopic (exact) mass is 363 g/mol. The first-order valence-corrected chi connectivity index (χ1v) is 8.79. The topological polar surface area (TPSA) is 80.1 Å². The van der Waals surface area contributed by atoms with E-state index in [-0.39, 0.29) is 11.8 Å². The molecule has 27 heavy (non-hydrogen) atoms. The normalized spacial score (nSPS) is 10.4. The fraction of sp³-hybridized carbons (Fsp3) is 0.200. The first kappa shape index (κ1) is 18.3. The highest BCUT2D eigenvalue weighted by Gasteiger charge is 2.23. The van der Waals surface area contributed by atoms with Crippen molar-refractivity contribution in [2.45, 2.75) is 13.8 Å². The fourth-order valence-electron chi connectivity index (χ4n) is 2.75. The van der Waals surface area contributed by atoms with E-state index in [1.807, 2.05) is 44.2 Å². The zero-order valence-electron chi connectivity index (χ0n) is 15.3. The molecule has 2 heterocycles. The molecule has 2 aromatic heterocycles. The van der Waals surface area contributed by atoms with Gasteiger partial charge in [0.05, 0.1) is 17.4 Å². The van der Waals surface area contributed by atoms with Gasteiger partial charge >= 0.3 is 0 Å². The smallest absolute Gasteiger partial charge is 0.259 e. The molecule has 1 N–H and O–H groups in total. The molecule has 0 saturated carbocycles. The number of carbonyl (C=O) groups excluding carboxylic acids is 2. The van der Waals surface area contributed by atoms with Gasteiger partial charge in [0.25, 0.3) is 11.8 Å². The van der Waals surface area contributed by atoms with E-state index in [1.54, 1.807) is 27.9 Å². The van der Waals surface area contributed by atoms with Crippen molar-refractivity contribution in [3.8, 4) is 5.69 Å². The van der Waals surface area contributed by atoms with Crippen LogP contribution in [0, 0.1) is 0 Å². The van der Waals surface area contributed by atoms with E-state index in [1.165, 1.54) is 12.4 Å². The third-order valence-corrected chi connectivity index (χ3v) is 4.21. The van der Waals surface area contributed by atoms with Gasteiger partial charge in [-0.25, -0.2) is 4.68 Å².